The van der Waals surface area contributed by atoms with Gasteiger partial charge in [0.05, 0.1) is 11.6 Å². The van der Waals surface area contributed by atoms with E-state index in [9.17, 15) is 9.90 Å². The summed E-state index contributed by atoms with van der Waals surface area (Å²) in [6.45, 7) is 0. The van der Waals surface area contributed by atoms with Crippen LogP contribution in [0.3, 0.4) is 0 Å². The topological polar surface area (TPSA) is 49.3 Å². The van der Waals surface area contributed by atoms with E-state index in [0.717, 1.165) is 17.7 Å². The van der Waals surface area contributed by atoms with Crippen molar-refractivity contribution in [3.63, 3.8) is 0 Å². The molecule has 0 fully saturated rings. The van der Waals surface area contributed by atoms with Gasteiger partial charge in [-0.2, -0.15) is 0 Å². The van der Waals surface area contributed by atoms with Gasteiger partial charge in [-0.15, -0.1) is 11.8 Å². The molecule has 0 aromatic heterocycles. The molecule has 3 aromatic rings. The number of allylic oxidation sites excluding steroid dienone is 2. The standard InChI is InChI=1S/C26H23NO2S/c28-26(29)19-12-10-18(11-13-19)25-22-8-4-7-21(22)23-15-17(9-14-24(23)27-25)16-30-20-5-2-1-3-6-20/h1-7,9-15,21-22,25,27H,8,16H2,(H,28,29)/t21-,22-,25-/m0/s1. The van der Waals surface area contributed by atoms with E-state index in [1.807, 2.05) is 30.0 Å². The molecule has 4 heteroatoms. The number of carboxylic acid groups (broad SMARTS) is 1. The summed E-state index contributed by atoms with van der Waals surface area (Å²) in [5.74, 6) is 0.917. The van der Waals surface area contributed by atoms with Crippen molar-refractivity contribution in [2.45, 2.75) is 29.0 Å². The third-order valence-corrected chi connectivity index (χ3v) is 7.18. The number of benzene rings is 3. The molecule has 0 radical (unpaired) electrons. The Morgan fingerprint density at radius 2 is 1.83 bits per heavy atom. The normalized spacial score (nSPS) is 21.5. The summed E-state index contributed by atoms with van der Waals surface area (Å²) in [6, 6.07) is 24.8. The van der Waals surface area contributed by atoms with Crippen LogP contribution in [0.2, 0.25) is 0 Å². The van der Waals surface area contributed by atoms with Gasteiger partial charge in [-0.05, 0) is 59.4 Å². The van der Waals surface area contributed by atoms with Crippen LogP contribution in [-0.2, 0) is 5.75 Å². The molecule has 3 atom stereocenters. The average Bonchev–Trinajstić information content (AvgIpc) is 3.28. The molecular weight excluding hydrogens is 390 g/mol. The van der Waals surface area contributed by atoms with Crippen molar-refractivity contribution in [2.24, 2.45) is 5.92 Å². The summed E-state index contributed by atoms with van der Waals surface area (Å²) in [7, 11) is 0. The van der Waals surface area contributed by atoms with Crippen molar-refractivity contribution < 1.29 is 9.90 Å². The van der Waals surface area contributed by atoms with Crippen LogP contribution in [0.15, 0.2) is 89.8 Å². The second kappa shape index (κ2) is 8.04. The van der Waals surface area contributed by atoms with E-state index in [0.29, 0.717) is 17.4 Å². The fraction of sp³-hybridized carbons (Fsp3) is 0.192. The summed E-state index contributed by atoms with van der Waals surface area (Å²) < 4.78 is 0. The van der Waals surface area contributed by atoms with Gasteiger partial charge < -0.3 is 10.4 Å². The number of carboxylic acids is 1. The van der Waals surface area contributed by atoms with Crippen LogP contribution in [0.25, 0.3) is 0 Å². The van der Waals surface area contributed by atoms with Crippen LogP contribution in [-0.4, -0.2) is 11.1 Å². The molecule has 3 aromatic carbocycles. The van der Waals surface area contributed by atoms with Gasteiger partial charge in [0.2, 0.25) is 0 Å². The quantitative estimate of drug-likeness (QED) is 0.370. The maximum absolute atomic E-state index is 11.2. The first-order chi connectivity index (χ1) is 14.7. The van der Waals surface area contributed by atoms with Crippen molar-refractivity contribution in [1.82, 2.24) is 0 Å². The molecular formula is C26H23NO2S. The first-order valence-corrected chi connectivity index (χ1v) is 11.2. The highest BCUT2D eigenvalue weighted by molar-refractivity contribution is 7.98. The maximum Gasteiger partial charge on any atom is 0.335 e. The first kappa shape index (κ1) is 19.0. The van der Waals surface area contributed by atoms with Gasteiger partial charge in [-0.25, -0.2) is 4.79 Å². The van der Waals surface area contributed by atoms with Gasteiger partial charge in [-0.1, -0.05) is 54.6 Å². The number of rotatable bonds is 5. The van der Waals surface area contributed by atoms with Crippen molar-refractivity contribution in [2.75, 3.05) is 5.32 Å². The number of anilines is 1. The Morgan fingerprint density at radius 1 is 1.03 bits per heavy atom. The van der Waals surface area contributed by atoms with Crippen LogP contribution < -0.4 is 5.32 Å². The molecule has 3 nitrogen and oxygen atoms in total. The Balaban J connectivity index is 1.40. The maximum atomic E-state index is 11.2. The van der Waals surface area contributed by atoms with E-state index in [4.69, 9.17) is 0 Å². The van der Waals surface area contributed by atoms with Gasteiger partial charge in [-0.3, -0.25) is 0 Å². The van der Waals surface area contributed by atoms with Gasteiger partial charge in [0.15, 0.2) is 0 Å². The van der Waals surface area contributed by atoms with Crippen LogP contribution in [0.1, 0.15) is 45.4 Å². The summed E-state index contributed by atoms with van der Waals surface area (Å²) in [5.41, 5.74) is 5.37. The lowest BCUT2D eigenvalue weighted by atomic mass is 9.76. The van der Waals surface area contributed by atoms with Crippen molar-refractivity contribution >= 4 is 23.4 Å². The van der Waals surface area contributed by atoms with Gasteiger partial charge in [0.25, 0.3) is 0 Å². The van der Waals surface area contributed by atoms with E-state index in [2.05, 4.69) is 59.9 Å². The van der Waals surface area contributed by atoms with E-state index in [1.54, 1.807) is 12.1 Å². The predicted molar refractivity (Wildman–Crippen MR) is 122 cm³/mol. The number of aromatic carboxylic acids is 1. The Morgan fingerprint density at radius 3 is 2.60 bits per heavy atom. The number of hydrogen-bond acceptors (Lipinski definition) is 3. The van der Waals surface area contributed by atoms with Crippen LogP contribution in [0.5, 0.6) is 0 Å². The van der Waals surface area contributed by atoms with Crippen molar-refractivity contribution in [3.8, 4) is 0 Å². The molecule has 0 unspecified atom stereocenters. The lowest BCUT2D eigenvalue weighted by Gasteiger charge is -2.37. The minimum atomic E-state index is -0.884. The molecule has 0 saturated carbocycles. The van der Waals surface area contributed by atoms with E-state index >= 15 is 0 Å². The van der Waals surface area contributed by atoms with E-state index < -0.39 is 5.97 Å². The Labute approximate surface area is 180 Å². The number of nitrogens with one attached hydrogen (secondary N) is 1. The monoisotopic (exact) mass is 413 g/mol. The van der Waals surface area contributed by atoms with Crippen molar-refractivity contribution in [1.29, 1.82) is 0 Å². The van der Waals surface area contributed by atoms with Crippen LogP contribution >= 0.6 is 11.8 Å². The summed E-state index contributed by atoms with van der Waals surface area (Å²) in [4.78, 5) is 12.5. The Hall–Kier alpha value is -2.98. The second-order valence-corrected chi connectivity index (χ2v) is 8.97. The van der Waals surface area contributed by atoms with Gasteiger partial charge >= 0.3 is 5.97 Å². The highest BCUT2D eigenvalue weighted by atomic mass is 32.2. The zero-order chi connectivity index (χ0) is 20.5. The molecule has 0 saturated heterocycles. The minimum Gasteiger partial charge on any atom is -0.478 e. The van der Waals surface area contributed by atoms with E-state index in [-0.39, 0.29) is 6.04 Å². The number of fused-ring (bicyclic) bond motifs is 3. The zero-order valence-electron chi connectivity index (χ0n) is 16.5. The largest absolute Gasteiger partial charge is 0.478 e. The molecule has 1 aliphatic heterocycles. The average molecular weight is 414 g/mol. The molecule has 5 rings (SSSR count). The lowest BCUT2D eigenvalue weighted by molar-refractivity contribution is 0.0697. The molecule has 0 amide bonds. The molecule has 2 N–H and O–H groups in total. The number of thioether (sulfide) groups is 1. The Kier molecular flexibility index (Phi) is 5.09. The van der Waals surface area contributed by atoms with E-state index in [1.165, 1.54) is 21.7 Å². The summed E-state index contributed by atoms with van der Waals surface area (Å²) in [5, 5.41) is 12.9. The number of hydrogen-bond donors (Lipinski definition) is 2. The lowest BCUT2D eigenvalue weighted by Crippen LogP contribution is -2.29. The molecule has 150 valence electrons. The second-order valence-electron chi connectivity index (χ2n) is 7.93. The Bertz CT molecular complexity index is 1090. The van der Waals surface area contributed by atoms with Crippen molar-refractivity contribution in [3.05, 3.63) is 107 Å². The fourth-order valence-corrected chi connectivity index (χ4v) is 5.44. The molecule has 1 aliphatic carbocycles. The molecule has 0 bridgehead atoms. The third kappa shape index (κ3) is 3.63. The van der Waals surface area contributed by atoms with Crippen LogP contribution in [0.4, 0.5) is 5.69 Å². The minimum absolute atomic E-state index is 0.185. The summed E-state index contributed by atoms with van der Waals surface area (Å²) >= 11 is 1.86. The highest BCUT2D eigenvalue weighted by Crippen LogP contribution is 2.50. The van der Waals surface area contributed by atoms with Gasteiger partial charge in [0, 0.05) is 22.3 Å². The smallest absolute Gasteiger partial charge is 0.335 e. The molecule has 0 spiro atoms. The first-order valence-electron chi connectivity index (χ1n) is 10.3. The molecule has 2 aliphatic rings. The van der Waals surface area contributed by atoms with Crippen LogP contribution in [0, 0.1) is 5.92 Å². The number of carbonyl (C=O) groups is 1. The van der Waals surface area contributed by atoms with Gasteiger partial charge in [0.1, 0.15) is 0 Å². The SMILES string of the molecule is O=C(O)c1ccc([C@@H]2Nc3ccc(CSc4ccccc4)cc3[C@H]3C=CC[C@@H]32)cc1. The summed E-state index contributed by atoms with van der Waals surface area (Å²) in [6.07, 6.45) is 5.67. The highest BCUT2D eigenvalue weighted by Gasteiger charge is 2.37. The predicted octanol–water partition coefficient (Wildman–Crippen LogP) is 6.50. The fourth-order valence-electron chi connectivity index (χ4n) is 4.58. The molecule has 1 heterocycles. The molecule has 30 heavy (non-hydrogen) atoms. The third-order valence-electron chi connectivity index (χ3n) is 6.09. The zero-order valence-corrected chi connectivity index (χ0v) is 17.3.